The summed E-state index contributed by atoms with van der Waals surface area (Å²) in [4.78, 5) is 23.3. The zero-order valence-corrected chi connectivity index (χ0v) is 45.2. The average Bonchev–Trinajstić information content (AvgIpc) is 3.35. The van der Waals surface area contributed by atoms with Gasteiger partial charge in [-0.25, -0.2) is 4.57 Å². The van der Waals surface area contributed by atoms with Crippen LogP contribution in [0.3, 0.4) is 0 Å². The molecular weight excluding hydrogens is 908 g/mol. The highest BCUT2D eigenvalue weighted by Crippen LogP contribution is 2.47. The van der Waals surface area contributed by atoms with E-state index in [1.807, 2.05) is 0 Å². The summed E-state index contributed by atoms with van der Waals surface area (Å²) >= 11 is 0. The summed E-state index contributed by atoms with van der Waals surface area (Å²) in [5, 5.41) is 50.4. The maximum Gasteiger partial charge on any atom is 0.472 e. The van der Waals surface area contributed by atoms with Crippen LogP contribution in [0.25, 0.3) is 0 Å². The smallest absolute Gasteiger partial charge is 0.457 e. The van der Waals surface area contributed by atoms with Crippen LogP contribution in [0.1, 0.15) is 245 Å². The number of phosphoric ester groups is 1. The monoisotopic (exact) mass is 1010 g/mol. The molecule has 0 heterocycles. The van der Waals surface area contributed by atoms with Crippen LogP contribution in [0.4, 0.5) is 0 Å². The summed E-state index contributed by atoms with van der Waals surface area (Å²) in [6.07, 6.45) is 47.5. The number of phosphoric acid groups is 1. The summed E-state index contributed by atoms with van der Waals surface area (Å²) < 4.78 is 34.4. The highest BCUT2D eigenvalue weighted by molar-refractivity contribution is 7.47. The van der Waals surface area contributed by atoms with Crippen LogP contribution in [0.5, 0.6) is 0 Å². The van der Waals surface area contributed by atoms with Gasteiger partial charge in [-0.2, -0.15) is 0 Å². The largest absolute Gasteiger partial charge is 0.472 e. The Morgan fingerprint density at radius 2 is 0.843 bits per heavy atom. The third-order valence-corrected chi connectivity index (χ3v) is 14.2. The Labute approximate surface area is 426 Å². The number of hydrogen-bond donors (Lipinski definition) is 6. The van der Waals surface area contributed by atoms with Crippen LogP contribution >= 0.6 is 7.82 Å². The molecule has 0 aliphatic heterocycles. The van der Waals surface area contributed by atoms with E-state index >= 15 is 0 Å². The van der Waals surface area contributed by atoms with Crippen LogP contribution in [0, 0.1) is 0 Å². The Balaban J connectivity index is 2.29. The van der Waals surface area contributed by atoms with E-state index in [1.165, 1.54) is 141 Å². The van der Waals surface area contributed by atoms with Crippen molar-refractivity contribution >= 4 is 13.8 Å². The number of allylic oxidation sites excluding steroid dienone is 8. The molecule has 1 saturated carbocycles. The van der Waals surface area contributed by atoms with E-state index in [9.17, 15) is 39.8 Å². The molecule has 6 atom stereocenters. The highest BCUT2D eigenvalue weighted by Gasteiger charge is 2.51. The number of hydrogen-bond acceptors (Lipinski definition) is 11. The van der Waals surface area contributed by atoms with Crippen LogP contribution in [0.2, 0.25) is 0 Å². The first kappa shape index (κ1) is 66.3. The van der Waals surface area contributed by atoms with Gasteiger partial charge in [0.2, 0.25) is 0 Å². The molecule has 0 saturated heterocycles. The number of carbonyl (C=O) groups excluding carboxylic acids is 1. The van der Waals surface area contributed by atoms with Crippen molar-refractivity contribution in [2.24, 2.45) is 0 Å². The number of ether oxygens (including phenoxy) is 2. The summed E-state index contributed by atoms with van der Waals surface area (Å²) in [5.74, 6) is -0.477. The maximum absolute atomic E-state index is 12.9. The Morgan fingerprint density at radius 3 is 1.29 bits per heavy atom. The summed E-state index contributed by atoms with van der Waals surface area (Å²) in [6, 6.07) is 0. The number of esters is 1. The molecule has 6 unspecified atom stereocenters. The fourth-order valence-corrected chi connectivity index (χ4v) is 9.73. The summed E-state index contributed by atoms with van der Waals surface area (Å²) in [7, 11) is -5.03. The molecule has 0 bridgehead atoms. The molecule has 6 N–H and O–H groups in total. The predicted molar refractivity (Wildman–Crippen MR) is 286 cm³/mol. The van der Waals surface area contributed by atoms with Crippen molar-refractivity contribution in [3.8, 4) is 0 Å². The molecule has 0 aromatic carbocycles. The van der Waals surface area contributed by atoms with Crippen molar-refractivity contribution < 1.29 is 58.3 Å². The van der Waals surface area contributed by atoms with E-state index in [2.05, 4.69) is 62.5 Å². The molecule has 0 amide bonds. The van der Waals surface area contributed by atoms with Crippen LogP contribution in [-0.4, -0.2) is 98.9 Å². The number of aliphatic hydroxyl groups is 5. The molecule has 1 aliphatic carbocycles. The molecule has 0 radical (unpaired) electrons. The van der Waals surface area contributed by atoms with E-state index in [0.29, 0.717) is 13.0 Å². The quantitative estimate of drug-likeness (QED) is 0.0146. The average molecular weight is 1010 g/mol. The molecule has 1 aliphatic rings. The van der Waals surface area contributed by atoms with E-state index in [4.69, 9.17) is 18.5 Å². The SMILES string of the molecule is CC/C=C\C/C=C\C/C=C\C/C=C\CCCCCCCCCOCC(COP(=O)(O)OC1C(O)C(O)C(O)C(O)C1O)OC(=O)CCCCCCCCCCCCCCCCCCCCCCCCC. The second kappa shape index (κ2) is 47.0. The molecule has 70 heavy (non-hydrogen) atoms. The van der Waals surface area contributed by atoms with Gasteiger partial charge in [0.05, 0.1) is 13.2 Å². The first-order chi connectivity index (χ1) is 34.0. The van der Waals surface area contributed by atoms with Crippen LogP contribution in [0.15, 0.2) is 48.6 Å². The van der Waals surface area contributed by atoms with Crippen molar-refractivity contribution in [3.63, 3.8) is 0 Å². The van der Waals surface area contributed by atoms with Crippen molar-refractivity contribution in [2.75, 3.05) is 19.8 Å². The Bertz CT molecular complexity index is 1340. The molecular formula is C57H105O12P. The molecule has 0 spiro atoms. The third-order valence-electron chi connectivity index (χ3n) is 13.2. The predicted octanol–water partition coefficient (Wildman–Crippen LogP) is 13.5. The highest BCUT2D eigenvalue weighted by atomic mass is 31.2. The number of rotatable bonds is 49. The molecule has 12 nitrogen and oxygen atoms in total. The zero-order chi connectivity index (χ0) is 51.2. The Kier molecular flexibility index (Phi) is 44.6. The van der Waals surface area contributed by atoms with Crippen LogP contribution in [-0.2, 0) is 27.9 Å². The lowest BCUT2D eigenvalue weighted by Crippen LogP contribution is -2.64. The van der Waals surface area contributed by atoms with Gasteiger partial charge < -0.3 is 39.9 Å². The fraction of sp³-hybridized carbons (Fsp3) is 0.842. The molecule has 13 heteroatoms. The van der Waals surface area contributed by atoms with Crippen LogP contribution < -0.4 is 0 Å². The topological polar surface area (TPSA) is 192 Å². The lowest BCUT2D eigenvalue weighted by molar-refractivity contribution is -0.220. The van der Waals surface area contributed by atoms with Gasteiger partial charge in [-0.3, -0.25) is 13.8 Å². The minimum atomic E-state index is -5.03. The van der Waals surface area contributed by atoms with Gasteiger partial charge in [-0.1, -0.05) is 236 Å². The van der Waals surface area contributed by atoms with E-state index in [-0.39, 0.29) is 13.0 Å². The van der Waals surface area contributed by atoms with Crippen molar-refractivity contribution in [2.45, 2.75) is 288 Å². The second-order valence-corrected chi connectivity index (χ2v) is 21.2. The van der Waals surface area contributed by atoms with Gasteiger partial charge in [-0.15, -0.1) is 0 Å². The van der Waals surface area contributed by atoms with E-state index < -0.39 is 63.1 Å². The minimum absolute atomic E-state index is 0.0826. The molecule has 1 rings (SSSR count). The van der Waals surface area contributed by atoms with Crippen molar-refractivity contribution in [1.82, 2.24) is 0 Å². The van der Waals surface area contributed by atoms with Gasteiger partial charge in [0.15, 0.2) is 0 Å². The van der Waals surface area contributed by atoms with E-state index in [1.54, 1.807) is 0 Å². The Morgan fingerprint density at radius 1 is 0.471 bits per heavy atom. The molecule has 1 fully saturated rings. The van der Waals surface area contributed by atoms with Gasteiger partial charge in [0.1, 0.15) is 42.7 Å². The summed E-state index contributed by atoms with van der Waals surface area (Å²) in [6.45, 7) is 4.17. The lowest BCUT2D eigenvalue weighted by atomic mass is 9.85. The number of aliphatic hydroxyl groups excluding tert-OH is 5. The summed E-state index contributed by atoms with van der Waals surface area (Å²) in [5.41, 5.74) is 0. The first-order valence-electron chi connectivity index (χ1n) is 28.5. The molecule has 410 valence electrons. The van der Waals surface area contributed by atoms with Gasteiger partial charge in [0, 0.05) is 13.0 Å². The van der Waals surface area contributed by atoms with E-state index in [0.717, 1.165) is 77.0 Å². The third kappa shape index (κ3) is 38.0. The minimum Gasteiger partial charge on any atom is -0.457 e. The van der Waals surface area contributed by atoms with Crippen molar-refractivity contribution in [3.05, 3.63) is 48.6 Å². The Hall–Kier alpha value is -1.70. The normalized spacial score (nSPS) is 21.2. The van der Waals surface area contributed by atoms with Gasteiger partial charge >= 0.3 is 13.8 Å². The standard InChI is InChI=1S/C57H105O12P/c1-3-5-7-9-11-13-15-17-19-21-23-25-26-27-28-30-32-34-36-38-40-42-44-46-51(58)68-50(49-67-70(64,65)69-57-55(62)53(60)52(59)54(61)56(57)63)48-66-47-45-43-41-39-37-35-33-31-29-24-22-20-18-16-14-12-10-8-6-4-2/h6,8,12,14,18,20,24,29,50,52-57,59-63H,3-5,7,9-11,13,15-17,19,21-23,25-28,30-49H2,1-2H3,(H,64,65)/b8-6-,14-12-,20-18-,29-24-. The number of carbonyl (C=O) groups is 1. The van der Waals surface area contributed by atoms with Gasteiger partial charge in [-0.05, 0) is 51.4 Å². The number of unbranched alkanes of at least 4 members (excludes halogenated alkanes) is 29. The second-order valence-electron chi connectivity index (χ2n) is 19.8. The first-order valence-corrected chi connectivity index (χ1v) is 30.0. The maximum atomic E-state index is 12.9. The molecule has 0 aromatic heterocycles. The fourth-order valence-electron chi connectivity index (χ4n) is 8.76. The molecule has 0 aromatic rings. The van der Waals surface area contributed by atoms with Gasteiger partial charge in [0.25, 0.3) is 0 Å². The zero-order valence-electron chi connectivity index (χ0n) is 44.3. The lowest BCUT2D eigenvalue weighted by Gasteiger charge is -2.41. The van der Waals surface area contributed by atoms with Crippen molar-refractivity contribution in [1.29, 1.82) is 0 Å².